The summed E-state index contributed by atoms with van der Waals surface area (Å²) in [4.78, 5) is 29.6. The Kier molecular flexibility index (Phi) is 5.39. The molecule has 1 unspecified atom stereocenters. The van der Waals surface area contributed by atoms with Gasteiger partial charge in [-0.3, -0.25) is 14.2 Å². The molecular weight excluding hydrogens is 426 g/mol. The van der Waals surface area contributed by atoms with Crippen LogP contribution in [0.4, 0.5) is 5.69 Å². The Morgan fingerprint density at radius 1 is 1.29 bits per heavy atom. The number of amides is 1. The van der Waals surface area contributed by atoms with Crippen LogP contribution >= 0.6 is 0 Å². The average Bonchev–Trinajstić information content (AvgIpc) is 3.33. The third-order valence-electron chi connectivity index (χ3n) is 5.13. The first-order chi connectivity index (χ1) is 14.8. The maximum absolute atomic E-state index is 12.8. The Morgan fingerprint density at radius 2 is 2.10 bits per heavy atom. The molecule has 0 radical (unpaired) electrons. The molecule has 0 spiro atoms. The SMILES string of the molecule is COc1ccc(OC)c(NC(=O)Cn2cnc3c(cnn3C3CCS(=O)(=O)C3)c2=O)c1. The van der Waals surface area contributed by atoms with Crippen LogP contribution in [0.3, 0.4) is 0 Å². The van der Waals surface area contributed by atoms with Crippen molar-refractivity contribution in [1.82, 2.24) is 19.3 Å². The van der Waals surface area contributed by atoms with Crippen molar-refractivity contribution in [2.45, 2.75) is 19.0 Å². The van der Waals surface area contributed by atoms with Gasteiger partial charge in [-0.25, -0.2) is 18.1 Å². The van der Waals surface area contributed by atoms with E-state index >= 15 is 0 Å². The molecule has 1 saturated heterocycles. The van der Waals surface area contributed by atoms with Crippen molar-refractivity contribution in [1.29, 1.82) is 0 Å². The van der Waals surface area contributed by atoms with Gasteiger partial charge in [-0.15, -0.1) is 0 Å². The number of carbonyl (C=O) groups is 1. The highest BCUT2D eigenvalue weighted by Gasteiger charge is 2.31. The molecule has 164 valence electrons. The van der Waals surface area contributed by atoms with Crippen LogP contribution in [0.15, 0.2) is 35.5 Å². The Hall–Kier alpha value is -3.41. The Bertz CT molecular complexity index is 1310. The van der Waals surface area contributed by atoms with E-state index in [1.54, 1.807) is 18.2 Å². The summed E-state index contributed by atoms with van der Waals surface area (Å²) in [6, 6.07) is 4.62. The molecule has 1 aromatic carbocycles. The molecule has 0 aliphatic carbocycles. The smallest absolute Gasteiger partial charge is 0.264 e. The molecule has 11 nitrogen and oxygen atoms in total. The van der Waals surface area contributed by atoms with E-state index in [9.17, 15) is 18.0 Å². The van der Waals surface area contributed by atoms with Crippen molar-refractivity contribution in [2.75, 3.05) is 31.0 Å². The fraction of sp³-hybridized carbons (Fsp3) is 0.368. The molecule has 1 aliphatic heterocycles. The van der Waals surface area contributed by atoms with Crippen molar-refractivity contribution in [3.63, 3.8) is 0 Å². The summed E-state index contributed by atoms with van der Waals surface area (Å²) in [6.07, 6.45) is 3.04. The van der Waals surface area contributed by atoms with Gasteiger partial charge in [-0.2, -0.15) is 5.10 Å². The number of methoxy groups -OCH3 is 2. The van der Waals surface area contributed by atoms with Crippen molar-refractivity contribution >= 4 is 32.5 Å². The number of hydrogen-bond donors (Lipinski definition) is 1. The van der Waals surface area contributed by atoms with Gasteiger partial charge < -0.3 is 14.8 Å². The Balaban J connectivity index is 1.56. The van der Waals surface area contributed by atoms with Gasteiger partial charge in [0, 0.05) is 6.07 Å². The number of aromatic nitrogens is 4. The lowest BCUT2D eigenvalue weighted by Crippen LogP contribution is -2.28. The maximum atomic E-state index is 12.8. The molecule has 2 aromatic heterocycles. The number of fused-ring (bicyclic) bond motifs is 1. The summed E-state index contributed by atoms with van der Waals surface area (Å²) >= 11 is 0. The monoisotopic (exact) mass is 447 g/mol. The van der Waals surface area contributed by atoms with Crippen molar-refractivity contribution in [3.05, 3.63) is 41.1 Å². The highest BCUT2D eigenvalue weighted by molar-refractivity contribution is 7.91. The highest BCUT2D eigenvalue weighted by atomic mass is 32.2. The lowest BCUT2D eigenvalue weighted by molar-refractivity contribution is -0.116. The predicted molar refractivity (Wildman–Crippen MR) is 112 cm³/mol. The number of nitrogens with one attached hydrogen (secondary N) is 1. The molecule has 1 aliphatic rings. The first-order valence-corrected chi connectivity index (χ1v) is 11.3. The number of benzene rings is 1. The van der Waals surface area contributed by atoms with Crippen LogP contribution in [0.5, 0.6) is 11.5 Å². The zero-order chi connectivity index (χ0) is 22.2. The number of anilines is 1. The van der Waals surface area contributed by atoms with Gasteiger partial charge in [0.25, 0.3) is 5.56 Å². The van der Waals surface area contributed by atoms with Gasteiger partial charge in [0.1, 0.15) is 29.8 Å². The largest absolute Gasteiger partial charge is 0.497 e. The summed E-state index contributed by atoms with van der Waals surface area (Å²) in [5.41, 5.74) is 0.271. The van der Waals surface area contributed by atoms with E-state index in [0.29, 0.717) is 29.3 Å². The molecule has 31 heavy (non-hydrogen) atoms. The van der Waals surface area contributed by atoms with E-state index in [0.717, 1.165) is 0 Å². The lowest BCUT2D eigenvalue weighted by Gasteiger charge is -2.12. The Morgan fingerprint density at radius 3 is 2.77 bits per heavy atom. The molecule has 0 saturated carbocycles. The van der Waals surface area contributed by atoms with Crippen LogP contribution in [0, 0.1) is 0 Å². The summed E-state index contributed by atoms with van der Waals surface area (Å²) in [7, 11) is -0.121. The molecule has 4 rings (SSSR count). The number of rotatable bonds is 6. The van der Waals surface area contributed by atoms with Gasteiger partial charge in [0.2, 0.25) is 5.91 Å². The summed E-state index contributed by atoms with van der Waals surface area (Å²) in [5.74, 6) is 0.591. The number of carbonyl (C=O) groups excluding carboxylic acids is 1. The first-order valence-electron chi connectivity index (χ1n) is 9.46. The van der Waals surface area contributed by atoms with Crippen LogP contribution in [0.25, 0.3) is 11.0 Å². The van der Waals surface area contributed by atoms with Crippen LogP contribution in [-0.4, -0.2) is 59.4 Å². The topological polar surface area (TPSA) is 134 Å². The van der Waals surface area contributed by atoms with E-state index in [1.807, 2.05) is 0 Å². The second-order valence-electron chi connectivity index (χ2n) is 7.18. The van der Waals surface area contributed by atoms with Crippen LogP contribution < -0.4 is 20.3 Å². The highest BCUT2D eigenvalue weighted by Crippen LogP contribution is 2.29. The fourth-order valence-electron chi connectivity index (χ4n) is 3.57. The first kappa shape index (κ1) is 20.8. The van der Waals surface area contributed by atoms with E-state index < -0.39 is 21.3 Å². The predicted octanol–water partition coefficient (Wildman–Crippen LogP) is 0.608. The van der Waals surface area contributed by atoms with Gasteiger partial charge in [0.05, 0.1) is 43.7 Å². The molecule has 1 N–H and O–H groups in total. The minimum Gasteiger partial charge on any atom is -0.497 e. The quantitative estimate of drug-likeness (QED) is 0.581. The average molecular weight is 447 g/mol. The molecular formula is C19H21N5O6S. The zero-order valence-corrected chi connectivity index (χ0v) is 17.8. The maximum Gasteiger partial charge on any atom is 0.264 e. The van der Waals surface area contributed by atoms with Gasteiger partial charge in [-0.05, 0) is 18.6 Å². The van der Waals surface area contributed by atoms with Crippen LogP contribution in [0.2, 0.25) is 0 Å². The second kappa shape index (κ2) is 8.02. The molecule has 3 heterocycles. The third kappa shape index (κ3) is 4.10. The van der Waals surface area contributed by atoms with Gasteiger partial charge in [-0.1, -0.05) is 0 Å². The fourth-order valence-corrected chi connectivity index (χ4v) is 5.26. The van der Waals surface area contributed by atoms with Crippen LogP contribution in [0.1, 0.15) is 12.5 Å². The normalized spacial score (nSPS) is 17.5. The van der Waals surface area contributed by atoms with Crippen LogP contribution in [-0.2, 0) is 21.2 Å². The molecule has 1 atom stereocenters. The van der Waals surface area contributed by atoms with Gasteiger partial charge in [0.15, 0.2) is 15.5 Å². The minimum absolute atomic E-state index is 0.0285. The third-order valence-corrected chi connectivity index (χ3v) is 6.88. The van der Waals surface area contributed by atoms with Gasteiger partial charge >= 0.3 is 0 Å². The van der Waals surface area contributed by atoms with E-state index in [2.05, 4.69) is 15.4 Å². The number of ether oxygens (including phenoxy) is 2. The van der Waals surface area contributed by atoms with Crippen molar-refractivity contribution < 1.29 is 22.7 Å². The zero-order valence-electron chi connectivity index (χ0n) is 16.9. The summed E-state index contributed by atoms with van der Waals surface area (Å²) in [6.45, 7) is -0.273. The standard InChI is InChI=1S/C19H21N5O6S/c1-29-13-3-4-16(30-2)15(7-13)22-17(25)9-23-11-20-18-14(19(23)26)8-21-24(18)12-5-6-31(27,28)10-12/h3-4,7-8,11-12H,5-6,9-10H2,1-2H3,(H,22,25). The number of hydrogen-bond acceptors (Lipinski definition) is 8. The summed E-state index contributed by atoms with van der Waals surface area (Å²) < 4.78 is 36.6. The number of nitrogens with zero attached hydrogens (tertiary/aromatic N) is 4. The molecule has 0 bridgehead atoms. The summed E-state index contributed by atoms with van der Waals surface area (Å²) in [5, 5.41) is 7.10. The minimum atomic E-state index is -3.11. The molecule has 12 heteroatoms. The second-order valence-corrected chi connectivity index (χ2v) is 9.40. The molecule has 1 amide bonds. The Labute approximate surface area is 177 Å². The molecule has 1 fully saturated rings. The lowest BCUT2D eigenvalue weighted by atomic mass is 10.2. The van der Waals surface area contributed by atoms with E-state index in [4.69, 9.17) is 9.47 Å². The van der Waals surface area contributed by atoms with Crippen molar-refractivity contribution in [2.24, 2.45) is 0 Å². The van der Waals surface area contributed by atoms with E-state index in [1.165, 1.54) is 36.0 Å². The van der Waals surface area contributed by atoms with E-state index in [-0.39, 0.29) is 29.5 Å². The van der Waals surface area contributed by atoms with Crippen molar-refractivity contribution in [3.8, 4) is 11.5 Å². The molecule has 3 aromatic rings. The number of sulfone groups is 1.